The summed E-state index contributed by atoms with van der Waals surface area (Å²) in [5, 5.41) is 11.5. The summed E-state index contributed by atoms with van der Waals surface area (Å²) < 4.78 is 30.1. The molecule has 0 spiro atoms. The Balaban J connectivity index is 2.00. The lowest BCUT2D eigenvalue weighted by atomic mass is 10.0. The van der Waals surface area contributed by atoms with Crippen LogP contribution in [0.3, 0.4) is 0 Å². The second-order valence-electron chi connectivity index (χ2n) is 7.37. The fraction of sp³-hybridized carbons (Fsp3) is 0.250. The average molecular weight is 494 g/mol. The SMILES string of the molecule is Cc1nn(C)cc1-c1cc(C(F)F)nc2sc(C(N)=O)c(NC(=O)c3c(Cl)c(C)nn3C)c12. The number of hydrogen-bond donors (Lipinski definition) is 2. The van der Waals surface area contributed by atoms with Gasteiger partial charge >= 0.3 is 0 Å². The first-order valence-corrected chi connectivity index (χ1v) is 10.8. The molecule has 0 aromatic carbocycles. The molecule has 4 aromatic rings. The lowest BCUT2D eigenvalue weighted by molar-refractivity contribution is 0.100. The molecule has 0 saturated carbocycles. The van der Waals surface area contributed by atoms with E-state index in [0.29, 0.717) is 27.9 Å². The summed E-state index contributed by atoms with van der Waals surface area (Å²) in [6, 6.07) is 1.23. The number of nitrogens with two attached hydrogens (primary N) is 1. The summed E-state index contributed by atoms with van der Waals surface area (Å²) in [6.45, 7) is 3.37. The standard InChI is InChI=1S/C20H18ClF2N7O2S/c1-7-10(6-29(3)27-7)9-5-11(17(22)23)25-20-12(9)14(16(33-20)18(24)31)26-19(32)15-13(21)8(2)28-30(15)4/h5-6,17H,1-4H3,(H2,24,31)(H,26,32). The van der Waals surface area contributed by atoms with Gasteiger partial charge in [-0.25, -0.2) is 13.8 Å². The van der Waals surface area contributed by atoms with Crippen LogP contribution in [0.1, 0.15) is 43.7 Å². The number of aryl methyl sites for hydroxylation is 4. The molecule has 33 heavy (non-hydrogen) atoms. The Hall–Kier alpha value is -3.38. The van der Waals surface area contributed by atoms with E-state index in [9.17, 15) is 18.4 Å². The van der Waals surface area contributed by atoms with Gasteiger partial charge in [0, 0.05) is 31.2 Å². The fourth-order valence-corrected chi connectivity index (χ4v) is 4.91. The van der Waals surface area contributed by atoms with Crippen LogP contribution >= 0.6 is 22.9 Å². The van der Waals surface area contributed by atoms with Gasteiger partial charge in [-0.2, -0.15) is 10.2 Å². The number of anilines is 1. The minimum absolute atomic E-state index is 0.0323. The van der Waals surface area contributed by atoms with E-state index < -0.39 is 23.9 Å². The Morgan fingerprint density at radius 3 is 2.39 bits per heavy atom. The number of thiophene rings is 1. The lowest BCUT2D eigenvalue weighted by Gasteiger charge is -2.11. The number of aromatic nitrogens is 5. The molecule has 2 amide bonds. The van der Waals surface area contributed by atoms with E-state index in [1.54, 1.807) is 34.1 Å². The summed E-state index contributed by atoms with van der Waals surface area (Å²) in [5.74, 6) is -1.48. The fourth-order valence-electron chi connectivity index (χ4n) is 3.65. The van der Waals surface area contributed by atoms with Crippen LogP contribution in [0.5, 0.6) is 0 Å². The molecular formula is C20H18ClF2N7O2S. The van der Waals surface area contributed by atoms with Gasteiger partial charge in [0.05, 0.1) is 22.1 Å². The minimum Gasteiger partial charge on any atom is -0.365 e. The zero-order valence-corrected chi connectivity index (χ0v) is 19.5. The number of amides is 2. The molecule has 9 nitrogen and oxygen atoms in total. The second kappa shape index (κ2) is 8.19. The highest BCUT2D eigenvalue weighted by molar-refractivity contribution is 7.21. The van der Waals surface area contributed by atoms with Crippen molar-refractivity contribution in [2.45, 2.75) is 20.3 Å². The molecule has 0 aliphatic carbocycles. The third kappa shape index (κ3) is 3.85. The molecule has 0 bridgehead atoms. The zero-order chi connectivity index (χ0) is 24.2. The molecule has 0 aliphatic rings. The number of rotatable bonds is 5. The lowest BCUT2D eigenvalue weighted by Crippen LogP contribution is -2.19. The van der Waals surface area contributed by atoms with E-state index in [4.69, 9.17) is 17.3 Å². The molecule has 0 saturated heterocycles. The maximum absolute atomic E-state index is 13.6. The Kier molecular flexibility index (Phi) is 5.66. The number of pyridine rings is 1. The molecule has 4 rings (SSSR count). The van der Waals surface area contributed by atoms with E-state index in [-0.39, 0.29) is 26.1 Å². The van der Waals surface area contributed by atoms with Crippen molar-refractivity contribution in [1.29, 1.82) is 0 Å². The summed E-state index contributed by atoms with van der Waals surface area (Å²) in [5.41, 5.74) is 7.13. The molecule has 0 atom stereocenters. The maximum Gasteiger partial charge on any atom is 0.280 e. The van der Waals surface area contributed by atoms with Crippen molar-refractivity contribution in [1.82, 2.24) is 24.5 Å². The van der Waals surface area contributed by atoms with Gasteiger partial charge in [0.1, 0.15) is 21.1 Å². The molecule has 0 aliphatic heterocycles. The molecule has 0 radical (unpaired) electrons. The van der Waals surface area contributed by atoms with Crippen LogP contribution in [0.25, 0.3) is 21.3 Å². The topological polar surface area (TPSA) is 121 Å². The van der Waals surface area contributed by atoms with Crippen LogP contribution in [0, 0.1) is 13.8 Å². The first-order valence-electron chi connectivity index (χ1n) is 9.56. The highest BCUT2D eigenvalue weighted by Crippen LogP contribution is 2.43. The summed E-state index contributed by atoms with van der Waals surface area (Å²) in [4.78, 5) is 29.5. The Morgan fingerprint density at radius 2 is 1.88 bits per heavy atom. The van der Waals surface area contributed by atoms with E-state index in [2.05, 4.69) is 20.5 Å². The van der Waals surface area contributed by atoms with Gasteiger partial charge in [-0.3, -0.25) is 19.0 Å². The monoisotopic (exact) mass is 493 g/mol. The molecule has 4 aromatic heterocycles. The van der Waals surface area contributed by atoms with Gasteiger partial charge in [0.25, 0.3) is 18.2 Å². The number of carbonyl (C=O) groups is 2. The first kappa shape index (κ1) is 22.8. The first-order chi connectivity index (χ1) is 15.5. The second-order valence-corrected chi connectivity index (χ2v) is 8.75. The normalized spacial score (nSPS) is 11.5. The largest absolute Gasteiger partial charge is 0.365 e. The quantitative estimate of drug-likeness (QED) is 0.435. The van der Waals surface area contributed by atoms with Crippen LogP contribution in [0.2, 0.25) is 5.02 Å². The van der Waals surface area contributed by atoms with Crippen LogP contribution in [-0.2, 0) is 14.1 Å². The number of fused-ring (bicyclic) bond motifs is 1. The number of hydrogen-bond acceptors (Lipinski definition) is 6. The summed E-state index contributed by atoms with van der Waals surface area (Å²) in [7, 11) is 3.25. The van der Waals surface area contributed by atoms with E-state index in [1.165, 1.54) is 15.4 Å². The number of nitrogens with one attached hydrogen (secondary N) is 1. The number of nitrogens with zero attached hydrogens (tertiary/aromatic N) is 5. The average Bonchev–Trinajstić information content (AvgIpc) is 3.34. The van der Waals surface area contributed by atoms with Crippen molar-refractivity contribution in [2.24, 2.45) is 19.8 Å². The summed E-state index contributed by atoms with van der Waals surface area (Å²) >= 11 is 7.06. The van der Waals surface area contributed by atoms with Crippen LogP contribution in [-0.4, -0.2) is 36.4 Å². The molecule has 3 N–H and O–H groups in total. The third-order valence-electron chi connectivity index (χ3n) is 5.04. The molecular weight excluding hydrogens is 476 g/mol. The van der Waals surface area contributed by atoms with Gasteiger partial charge in [-0.05, 0) is 25.5 Å². The van der Waals surface area contributed by atoms with Crippen molar-refractivity contribution >= 4 is 50.7 Å². The smallest absolute Gasteiger partial charge is 0.280 e. The minimum atomic E-state index is -2.85. The number of alkyl halides is 2. The molecule has 172 valence electrons. The van der Waals surface area contributed by atoms with Crippen molar-refractivity contribution in [3.8, 4) is 11.1 Å². The van der Waals surface area contributed by atoms with Crippen LogP contribution in [0.15, 0.2) is 12.3 Å². The van der Waals surface area contributed by atoms with Crippen molar-refractivity contribution < 1.29 is 18.4 Å². The predicted octanol–water partition coefficient (Wildman–Crippen LogP) is 3.99. The van der Waals surface area contributed by atoms with E-state index in [0.717, 1.165) is 11.3 Å². The van der Waals surface area contributed by atoms with Gasteiger partial charge < -0.3 is 11.1 Å². The molecule has 0 fully saturated rings. The van der Waals surface area contributed by atoms with Gasteiger partial charge in [-0.1, -0.05) is 11.6 Å². The predicted molar refractivity (Wildman–Crippen MR) is 121 cm³/mol. The Labute approximate surface area is 195 Å². The number of primary amides is 1. The van der Waals surface area contributed by atoms with Crippen molar-refractivity contribution in [2.75, 3.05) is 5.32 Å². The molecule has 13 heteroatoms. The van der Waals surface area contributed by atoms with Gasteiger partial charge in [0.2, 0.25) is 0 Å². The zero-order valence-electron chi connectivity index (χ0n) is 17.9. The van der Waals surface area contributed by atoms with Crippen molar-refractivity contribution in [3.05, 3.63) is 44.9 Å². The molecule has 4 heterocycles. The van der Waals surface area contributed by atoms with Gasteiger partial charge in [-0.15, -0.1) is 11.3 Å². The highest BCUT2D eigenvalue weighted by Gasteiger charge is 2.28. The number of halogens is 3. The van der Waals surface area contributed by atoms with Crippen LogP contribution < -0.4 is 11.1 Å². The molecule has 0 unspecified atom stereocenters. The van der Waals surface area contributed by atoms with Gasteiger partial charge in [0.15, 0.2) is 0 Å². The summed E-state index contributed by atoms with van der Waals surface area (Å²) in [6.07, 6.45) is -1.19. The van der Waals surface area contributed by atoms with E-state index in [1.807, 2.05) is 0 Å². The van der Waals surface area contributed by atoms with E-state index >= 15 is 0 Å². The third-order valence-corrected chi connectivity index (χ3v) is 6.59. The Bertz CT molecular complexity index is 1440. The Morgan fingerprint density at radius 1 is 1.18 bits per heavy atom. The van der Waals surface area contributed by atoms with Crippen molar-refractivity contribution in [3.63, 3.8) is 0 Å². The highest BCUT2D eigenvalue weighted by atomic mass is 35.5. The van der Waals surface area contributed by atoms with Crippen LogP contribution in [0.4, 0.5) is 14.5 Å². The maximum atomic E-state index is 13.6. The number of carbonyl (C=O) groups excluding carboxylic acids is 2.